The van der Waals surface area contributed by atoms with Crippen molar-refractivity contribution in [1.82, 2.24) is 9.21 Å². The molecule has 0 aromatic heterocycles. The molecule has 1 amide bonds. The zero-order valence-corrected chi connectivity index (χ0v) is 18.3. The molecule has 0 aliphatic carbocycles. The molecule has 2 heterocycles. The number of hydrogen-bond acceptors (Lipinski definition) is 7. The van der Waals surface area contributed by atoms with E-state index in [9.17, 15) is 18.0 Å². The summed E-state index contributed by atoms with van der Waals surface area (Å²) in [5.74, 6) is 0.00513. The second kappa shape index (κ2) is 9.22. The highest BCUT2D eigenvalue weighted by Gasteiger charge is 2.40. The van der Waals surface area contributed by atoms with Gasteiger partial charge in [0.2, 0.25) is 15.9 Å². The van der Waals surface area contributed by atoms with Crippen LogP contribution in [-0.4, -0.2) is 76.5 Å². The average Bonchev–Trinajstić information content (AvgIpc) is 3.27. The summed E-state index contributed by atoms with van der Waals surface area (Å²) >= 11 is 0. The lowest BCUT2D eigenvalue weighted by molar-refractivity contribution is -0.152. The second-order valence-electron chi connectivity index (χ2n) is 7.41. The molecule has 1 aromatic rings. The summed E-state index contributed by atoms with van der Waals surface area (Å²) in [6, 6.07) is 3.95. The first-order valence-corrected chi connectivity index (χ1v) is 11.4. The maximum absolute atomic E-state index is 13.0. The molecule has 2 aliphatic heterocycles. The molecule has 2 saturated heterocycles. The van der Waals surface area contributed by atoms with Crippen molar-refractivity contribution in [1.29, 1.82) is 0 Å². The first-order chi connectivity index (χ1) is 14.3. The average molecular weight is 441 g/mol. The van der Waals surface area contributed by atoms with Gasteiger partial charge >= 0.3 is 5.97 Å². The monoisotopic (exact) mass is 440 g/mol. The predicted molar refractivity (Wildman–Crippen MR) is 108 cm³/mol. The molecule has 3 rings (SSSR count). The highest BCUT2D eigenvalue weighted by Crippen LogP contribution is 2.32. The van der Waals surface area contributed by atoms with Crippen LogP contribution in [0.2, 0.25) is 0 Å². The van der Waals surface area contributed by atoms with E-state index in [1.54, 1.807) is 11.0 Å². The maximum Gasteiger partial charge on any atom is 0.328 e. The number of methoxy groups -OCH3 is 3. The minimum atomic E-state index is -3.72. The minimum Gasteiger partial charge on any atom is -0.493 e. The van der Waals surface area contributed by atoms with Crippen molar-refractivity contribution in [3.8, 4) is 11.5 Å². The third-order valence-electron chi connectivity index (χ3n) is 5.81. The summed E-state index contributed by atoms with van der Waals surface area (Å²) in [5.41, 5.74) is 0. The highest BCUT2D eigenvalue weighted by molar-refractivity contribution is 7.89. The molecule has 1 atom stereocenters. The smallest absolute Gasteiger partial charge is 0.328 e. The zero-order chi connectivity index (χ0) is 21.9. The van der Waals surface area contributed by atoms with Crippen LogP contribution in [0.1, 0.15) is 25.7 Å². The van der Waals surface area contributed by atoms with Gasteiger partial charge in [0.25, 0.3) is 0 Å². The van der Waals surface area contributed by atoms with Gasteiger partial charge in [0.1, 0.15) is 6.04 Å². The first-order valence-electron chi connectivity index (χ1n) is 9.94. The number of benzene rings is 1. The lowest BCUT2D eigenvalue weighted by atomic mass is 9.96. The van der Waals surface area contributed by atoms with Crippen LogP contribution in [0.15, 0.2) is 23.1 Å². The number of amides is 1. The minimum absolute atomic E-state index is 0.0916. The summed E-state index contributed by atoms with van der Waals surface area (Å²) in [5, 5.41) is 0. The summed E-state index contributed by atoms with van der Waals surface area (Å²) in [6.45, 7) is 1.01. The number of rotatable bonds is 6. The van der Waals surface area contributed by atoms with Gasteiger partial charge in [-0.2, -0.15) is 4.31 Å². The molecule has 0 spiro atoms. The van der Waals surface area contributed by atoms with Crippen molar-refractivity contribution in [2.75, 3.05) is 41.0 Å². The normalized spacial score (nSPS) is 20.8. The van der Waals surface area contributed by atoms with Gasteiger partial charge in [0, 0.05) is 31.6 Å². The SMILES string of the molecule is COC(=O)[C@@H]1CCCN1C(=O)C1CCN(S(=O)(=O)c2ccc(OC)c(OC)c2)CC1. The molecule has 166 valence electrons. The van der Waals surface area contributed by atoms with Crippen LogP contribution >= 0.6 is 0 Å². The fourth-order valence-corrected chi connectivity index (χ4v) is 5.60. The number of sulfonamides is 1. The van der Waals surface area contributed by atoms with Crippen molar-refractivity contribution >= 4 is 21.9 Å². The molecule has 2 aliphatic rings. The van der Waals surface area contributed by atoms with Gasteiger partial charge in [-0.05, 0) is 37.8 Å². The number of carbonyl (C=O) groups is 2. The Morgan fingerprint density at radius 3 is 2.23 bits per heavy atom. The lowest BCUT2D eigenvalue weighted by Gasteiger charge is -2.33. The van der Waals surface area contributed by atoms with Crippen molar-refractivity contribution in [3.05, 3.63) is 18.2 Å². The van der Waals surface area contributed by atoms with Gasteiger partial charge in [0.05, 0.1) is 26.2 Å². The number of likely N-dealkylation sites (tertiary alicyclic amines) is 1. The largest absolute Gasteiger partial charge is 0.493 e. The third-order valence-corrected chi connectivity index (χ3v) is 7.70. The number of hydrogen-bond donors (Lipinski definition) is 0. The summed E-state index contributed by atoms with van der Waals surface area (Å²) in [7, 11) is 0.538. The Morgan fingerprint density at radius 2 is 1.63 bits per heavy atom. The van der Waals surface area contributed by atoms with Gasteiger partial charge in [-0.25, -0.2) is 13.2 Å². The molecule has 10 heteroatoms. The van der Waals surface area contributed by atoms with Gasteiger partial charge in [-0.3, -0.25) is 4.79 Å². The fourth-order valence-electron chi connectivity index (χ4n) is 4.12. The first kappa shape index (κ1) is 22.4. The number of piperidine rings is 1. The van der Waals surface area contributed by atoms with E-state index in [4.69, 9.17) is 14.2 Å². The maximum atomic E-state index is 13.0. The summed E-state index contributed by atoms with van der Waals surface area (Å²) in [6.07, 6.45) is 2.19. The molecular weight excluding hydrogens is 412 g/mol. The van der Waals surface area contributed by atoms with Crippen molar-refractivity contribution in [2.45, 2.75) is 36.6 Å². The number of carbonyl (C=O) groups excluding carboxylic acids is 2. The van der Waals surface area contributed by atoms with E-state index in [1.807, 2.05) is 0 Å². The van der Waals surface area contributed by atoms with Gasteiger partial charge in [0.15, 0.2) is 11.5 Å². The Kier molecular flexibility index (Phi) is 6.87. The van der Waals surface area contributed by atoms with E-state index in [2.05, 4.69) is 0 Å². The molecule has 9 nitrogen and oxygen atoms in total. The second-order valence-corrected chi connectivity index (χ2v) is 9.35. The molecule has 0 saturated carbocycles. The van der Waals surface area contributed by atoms with Crippen molar-refractivity contribution in [3.63, 3.8) is 0 Å². The lowest BCUT2D eigenvalue weighted by Crippen LogP contribution is -2.47. The van der Waals surface area contributed by atoms with Crippen molar-refractivity contribution < 1.29 is 32.2 Å². The van der Waals surface area contributed by atoms with Crippen LogP contribution in [0.25, 0.3) is 0 Å². The Balaban J connectivity index is 1.67. The number of ether oxygens (including phenoxy) is 3. The predicted octanol–water partition coefficient (Wildman–Crippen LogP) is 1.27. The van der Waals surface area contributed by atoms with Crippen molar-refractivity contribution in [2.24, 2.45) is 5.92 Å². The standard InChI is InChI=1S/C20H28N2O7S/c1-27-17-7-6-15(13-18(17)28-2)30(25,26)21-11-8-14(9-12-21)19(23)22-10-4-5-16(22)20(24)29-3/h6-7,13-14,16H,4-5,8-12H2,1-3H3/t16-/m0/s1. The Bertz CT molecular complexity index is 894. The van der Waals surface area contributed by atoms with Crippen LogP contribution in [0.5, 0.6) is 11.5 Å². The highest BCUT2D eigenvalue weighted by atomic mass is 32.2. The van der Waals surface area contributed by atoms with Crippen LogP contribution in [0.4, 0.5) is 0 Å². The topological polar surface area (TPSA) is 102 Å². The number of esters is 1. The van der Waals surface area contributed by atoms with E-state index in [-0.39, 0.29) is 29.8 Å². The van der Waals surface area contributed by atoms with Crippen LogP contribution in [0.3, 0.4) is 0 Å². The molecule has 0 radical (unpaired) electrons. The van der Waals surface area contributed by atoms with Gasteiger partial charge in [-0.1, -0.05) is 0 Å². The van der Waals surface area contributed by atoms with E-state index in [1.165, 1.54) is 37.8 Å². The van der Waals surface area contributed by atoms with E-state index in [0.717, 1.165) is 6.42 Å². The Hall–Kier alpha value is -2.33. The molecule has 0 unspecified atom stereocenters. The van der Waals surface area contributed by atoms with E-state index in [0.29, 0.717) is 37.3 Å². The Labute approximate surface area is 176 Å². The fraction of sp³-hybridized carbons (Fsp3) is 0.600. The zero-order valence-electron chi connectivity index (χ0n) is 17.5. The molecule has 1 aromatic carbocycles. The molecule has 30 heavy (non-hydrogen) atoms. The quantitative estimate of drug-likeness (QED) is 0.614. The third kappa shape index (κ3) is 4.24. The van der Waals surface area contributed by atoms with Crippen LogP contribution in [0, 0.1) is 5.92 Å². The molecule has 2 fully saturated rings. The Morgan fingerprint density at radius 1 is 0.967 bits per heavy atom. The van der Waals surface area contributed by atoms with Gasteiger partial charge in [-0.15, -0.1) is 0 Å². The number of nitrogens with zero attached hydrogens (tertiary/aromatic N) is 2. The van der Waals surface area contributed by atoms with E-state index >= 15 is 0 Å². The molecule has 0 N–H and O–H groups in total. The van der Waals surface area contributed by atoms with E-state index < -0.39 is 22.0 Å². The summed E-state index contributed by atoms with van der Waals surface area (Å²) in [4.78, 5) is 26.6. The summed E-state index contributed by atoms with van der Waals surface area (Å²) < 4.78 is 42.7. The van der Waals surface area contributed by atoms with Crippen LogP contribution < -0.4 is 9.47 Å². The van der Waals surface area contributed by atoms with Crippen LogP contribution in [-0.2, 0) is 24.3 Å². The molecular formula is C20H28N2O7S. The van der Waals surface area contributed by atoms with Gasteiger partial charge < -0.3 is 19.1 Å². The molecule has 0 bridgehead atoms.